The second kappa shape index (κ2) is 4.35. The van der Waals surface area contributed by atoms with Crippen molar-refractivity contribution in [3.05, 3.63) is 0 Å². The van der Waals surface area contributed by atoms with Gasteiger partial charge in [-0.05, 0) is 6.42 Å². The summed E-state index contributed by atoms with van der Waals surface area (Å²) in [6, 6.07) is 0. The molecule has 0 saturated heterocycles. The van der Waals surface area contributed by atoms with Gasteiger partial charge in [0.05, 0.1) is 0 Å². The van der Waals surface area contributed by atoms with E-state index in [9.17, 15) is 4.79 Å². The van der Waals surface area contributed by atoms with E-state index in [-0.39, 0.29) is 0 Å². The largest absolute Gasteiger partial charge is 0.541 e. The summed E-state index contributed by atoms with van der Waals surface area (Å²) < 4.78 is 3.85. The van der Waals surface area contributed by atoms with Crippen LogP contribution in [0.1, 0.15) is 13.3 Å². The van der Waals surface area contributed by atoms with Crippen LogP contribution in [-0.4, -0.2) is 20.1 Å². The molecular weight excluding hydrogens is 121 g/mol. The van der Waals surface area contributed by atoms with Gasteiger partial charge >= 0.3 is 14.0 Å². The summed E-state index contributed by atoms with van der Waals surface area (Å²) in [4.78, 5) is 14.6. The molecule has 2 N–H and O–H groups in total. The molecule has 0 rings (SSSR count). The van der Waals surface area contributed by atoms with Crippen LogP contribution in [0.25, 0.3) is 0 Å². The molecule has 0 fully saturated rings. The Morgan fingerprint density at radius 1 is 1.89 bits per heavy atom. The summed E-state index contributed by atoms with van der Waals surface area (Å²) in [6.45, 7) is 1.73. The molecule has 0 unspecified atom stereocenters. The van der Waals surface area contributed by atoms with Crippen molar-refractivity contribution in [1.82, 2.24) is 0 Å². The van der Waals surface area contributed by atoms with Crippen molar-refractivity contribution in [1.29, 1.82) is 0 Å². The first-order valence-corrected chi connectivity index (χ1v) is 2.52. The normalized spacial score (nSPS) is 12.7. The van der Waals surface area contributed by atoms with Gasteiger partial charge in [-0.15, -0.1) is 0 Å². The highest BCUT2D eigenvalue weighted by Gasteiger charge is 2.14. The molecule has 0 amide bonds. The molecule has 2 radical (unpaired) electrons. The number of carbonyl (C=O) groups excluding carboxylic acids is 1. The maximum atomic E-state index is 10.4. The topological polar surface area (TPSA) is 61.5 Å². The first-order valence-electron chi connectivity index (χ1n) is 2.52. The molecule has 50 valence electrons. The highest BCUT2D eigenvalue weighted by atomic mass is 16.6. The van der Waals surface area contributed by atoms with Crippen LogP contribution in [0, 0.1) is 0 Å². The zero-order valence-corrected chi connectivity index (χ0v) is 5.16. The Hall–Kier alpha value is -0.545. The lowest BCUT2D eigenvalue weighted by Crippen LogP contribution is -2.27. The van der Waals surface area contributed by atoms with Crippen molar-refractivity contribution in [2.45, 2.75) is 19.4 Å². The van der Waals surface area contributed by atoms with Gasteiger partial charge in [0.25, 0.3) is 0 Å². The number of hydrogen-bond acceptors (Lipinski definition) is 4. The van der Waals surface area contributed by atoms with Gasteiger partial charge in [-0.2, -0.15) is 0 Å². The Balaban J connectivity index is 3.64. The average molecular weight is 129 g/mol. The Kier molecular flexibility index (Phi) is 4.08. The molecule has 0 aliphatic rings. The molecule has 0 aromatic rings. The van der Waals surface area contributed by atoms with Gasteiger partial charge in [0, 0.05) is 0 Å². The number of carbonyl (C=O) groups is 1. The molecule has 1 atom stereocenters. The summed E-state index contributed by atoms with van der Waals surface area (Å²) in [5, 5.41) is 0. The van der Waals surface area contributed by atoms with E-state index in [0.717, 1.165) is 0 Å². The van der Waals surface area contributed by atoms with E-state index in [0.29, 0.717) is 6.42 Å². The second-order valence-corrected chi connectivity index (χ2v) is 1.47. The smallest absolute Gasteiger partial charge is 0.378 e. The number of hydrogen-bond donors (Lipinski definition) is 1. The van der Waals surface area contributed by atoms with Crippen LogP contribution in [0.4, 0.5) is 0 Å². The van der Waals surface area contributed by atoms with Crippen LogP contribution in [0.3, 0.4) is 0 Å². The molecule has 0 heterocycles. The third-order valence-electron chi connectivity index (χ3n) is 0.914. The maximum Gasteiger partial charge on any atom is 0.378 e. The number of nitrogens with two attached hydrogens (primary N) is 1. The summed E-state index contributed by atoms with van der Waals surface area (Å²) in [7, 11) is 4.54. The minimum atomic E-state index is -0.741. The van der Waals surface area contributed by atoms with E-state index in [4.69, 9.17) is 5.90 Å². The van der Waals surface area contributed by atoms with Gasteiger partial charge in [0.2, 0.25) is 0 Å². The Morgan fingerprint density at radius 3 is 2.56 bits per heavy atom. The highest BCUT2D eigenvalue weighted by molar-refractivity contribution is 6.06. The summed E-state index contributed by atoms with van der Waals surface area (Å²) in [5.41, 5.74) is 0. The van der Waals surface area contributed by atoms with Crippen molar-refractivity contribution in [2.75, 3.05) is 0 Å². The quantitative estimate of drug-likeness (QED) is 0.403. The monoisotopic (exact) mass is 129 g/mol. The number of rotatable bonds is 3. The fourth-order valence-corrected chi connectivity index (χ4v) is 0.394. The van der Waals surface area contributed by atoms with E-state index in [1.807, 2.05) is 0 Å². The molecule has 4 nitrogen and oxygen atoms in total. The Morgan fingerprint density at radius 2 is 2.44 bits per heavy atom. The Labute approximate surface area is 54.7 Å². The Bertz CT molecular complexity index is 93.8. The van der Waals surface area contributed by atoms with Gasteiger partial charge in [-0.1, -0.05) is 6.92 Å². The lowest BCUT2D eigenvalue weighted by atomic mass is 10.3. The fourth-order valence-electron chi connectivity index (χ4n) is 0.394. The fraction of sp³-hybridized carbons (Fsp3) is 0.750. The predicted molar refractivity (Wildman–Crippen MR) is 31.2 cm³/mol. The zero-order valence-electron chi connectivity index (χ0n) is 5.16. The molecule has 0 aromatic heterocycles. The van der Waals surface area contributed by atoms with E-state index < -0.39 is 12.1 Å². The molecule has 9 heavy (non-hydrogen) atoms. The lowest BCUT2D eigenvalue weighted by Gasteiger charge is -2.08. The lowest BCUT2D eigenvalue weighted by molar-refractivity contribution is -0.147. The van der Waals surface area contributed by atoms with Gasteiger partial charge in [-0.3, -0.25) is 9.63 Å². The third kappa shape index (κ3) is 2.48. The maximum absolute atomic E-state index is 10.4. The van der Waals surface area contributed by atoms with Gasteiger partial charge in [0.15, 0.2) is 6.10 Å². The van der Waals surface area contributed by atoms with Crippen molar-refractivity contribution in [3.8, 4) is 0 Å². The first kappa shape index (κ1) is 8.45. The summed E-state index contributed by atoms with van der Waals surface area (Å²) >= 11 is 0. The third-order valence-corrected chi connectivity index (χ3v) is 0.914. The standard InChI is InChI=1S/C4H8BNO3/c1-2-3(9-6)4(7)8-5/h3H,2,6H2,1H3/t3-/m0/s1. The van der Waals surface area contributed by atoms with E-state index in [1.165, 1.54) is 0 Å². The molecule has 0 aromatic carbocycles. The molecule has 0 saturated carbocycles. The van der Waals surface area contributed by atoms with E-state index in [1.54, 1.807) is 6.92 Å². The minimum absolute atomic E-state index is 0.451. The van der Waals surface area contributed by atoms with Crippen LogP contribution in [0.2, 0.25) is 0 Å². The molecular formula is C4H8BNO3. The van der Waals surface area contributed by atoms with Crippen LogP contribution < -0.4 is 5.90 Å². The van der Waals surface area contributed by atoms with Crippen LogP contribution >= 0.6 is 0 Å². The van der Waals surface area contributed by atoms with Crippen LogP contribution in [0.5, 0.6) is 0 Å². The van der Waals surface area contributed by atoms with Crippen molar-refractivity contribution < 1.29 is 14.3 Å². The SMILES string of the molecule is [B]OC(=O)[C@H](CC)ON. The van der Waals surface area contributed by atoms with Crippen LogP contribution in [0.15, 0.2) is 0 Å². The van der Waals surface area contributed by atoms with Crippen molar-refractivity contribution >= 4 is 14.0 Å². The molecule has 0 bridgehead atoms. The highest BCUT2D eigenvalue weighted by Crippen LogP contribution is 1.95. The second-order valence-electron chi connectivity index (χ2n) is 1.47. The molecule has 0 spiro atoms. The summed E-state index contributed by atoms with van der Waals surface area (Å²) in [6.07, 6.45) is -0.290. The van der Waals surface area contributed by atoms with E-state index in [2.05, 4.69) is 17.5 Å². The predicted octanol–water partition coefficient (Wildman–Crippen LogP) is -0.718. The van der Waals surface area contributed by atoms with Crippen LogP contribution in [-0.2, 0) is 14.3 Å². The van der Waals surface area contributed by atoms with Gasteiger partial charge in [-0.25, -0.2) is 5.90 Å². The summed E-state index contributed by atoms with van der Waals surface area (Å²) in [5.74, 6) is 4.05. The van der Waals surface area contributed by atoms with Crippen molar-refractivity contribution in [3.63, 3.8) is 0 Å². The van der Waals surface area contributed by atoms with Crippen molar-refractivity contribution in [2.24, 2.45) is 5.90 Å². The molecule has 0 aliphatic carbocycles. The average Bonchev–Trinajstić information content (AvgIpc) is 1.90. The van der Waals surface area contributed by atoms with Gasteiger partial charge < -0.3 is 4.65 Å². The molecule has 5 heteroatoms. The zero-order chi connectivity index (χ0) is 7.28. The van der Waals surface area contributed by atoms with Gasteiger partial charge in [0.1, 0.15) is 0 Å². The first-order chi connectivity index (χ1) is 4.26. The van der Waals surface area contributed by atoms with E-state index >= 15 is 0 Å². The minimum Gasteiger partial charge on any atom is -0.541 e. The molecule has 0 aliphatic heterocycles.